The van der Waals surface area contributed by atoms with E-state index in [1.165, 1.54) is 0 Å². The van der Waals surface area contributed by atoms with Crippen molar-refractivity contribution >= 4 is 39.0 Å². The molecule has 2 N–H and O–H groups in total. The number of aromatic amines is 1. The van der Waals surface area contributed by atoms with Crippen LogP contribution in [0.5, 0.6) is 5.75 Å². The van der Waals surface area contributed by atoms with Gasteiger partial charge in [0.25, 0.3) is 5.91 Å². The molecule has 1 aromatic heterocycles. The second-order valence-corrected chi connectivity index (χ2v) is 5.74. The molecule has 23 heavy (non-hydrogen) atoms. The van der Waals surface area contributed by atoms with Crippen LogP contribution < -0.4 is 10.2 Å². The Labute approximate surface area is 141 Å². The van der Waals surface area contributed by atoms with Gasteiger partial charge >= 0.3 is 0 Å². The molecule has 0 radical (unpaired) electrons. The van der Waals surface area contributed by atoms with Crippen molar-refractivity contribution in [2.24, 2.45) is 5.10 Å². The molecule has 0 atom stereocenters. The molecule has 5 nitrogen and oxygen atoms in total. The number of nitrogens with one attached hydrogen (secondary N) is 2. The highest BCUT2D eigenvalue weighted by atomic mass is 79.9. The van der Waals surface area contributed by atoms with E-state index in [2.05, 4.69) is 31.4 Å². The van der Waals surface area contributed by atoms with E-state index in [9.17, 15) is 4.79 Å². The number of carbonyl (C=O) groups excluding carboxylic acids is 1. The number of fused-ring (bicyclic) bond motifs is 1. The second-order valence-electron chi connectivity index (χ2n) is 4.83. The van der Waals surface area contributed by atoms with Crippen LogP contribution in [-0.2, 0) is 4.79 Å². The number of H-pyrrole nitrogens is 1. The predicted molar refractivity (Wildman–Crippen MR) is 93.7 cm³/mol. The Kier molecular flexibility index (Phi) is 4.73. The molecule has 3 aromatic rings. The predicted octanol–water partition coefficient (Wildman–Crippen LogP) is 3.46. The number of nitrogens with zero attached hydrogens (tertiary/aromatic N) is 1. The fourth-order valence-corrected chi connectivity index (χ4v) is 2.49. The maximum absolute atomic E-state index is 11.7. The first-order valence-electron chi connectivity index (χ1n) is 6.99. The van der Waals surface area contributed by atoms with Gasteiger partial charge in [-0.05, 0) is 24.3 Å². The van der Waals surface area contributed by atoms with Crippen molar-refractivity contribution in [3.63, 3.8) is 0 Å². The number of aromatic nitrogens is 1. The molecule has 1 amide bonds. The third-order valence-corrected chi connectivity index (χ3v) is 3.67. The quantitative estimate of drug-likeness (QED) is 0.532. The van der Waals surface area contributed by atoms with Crippen LogP contribution in [0, 0.1) is 0 Å². The van der Waals surface area contributed by atoms with E-state index in [0.717, 1.165) is 20.9 Å². The Morgan fingerprint density at radius 2 is 2.13 bits per heavy atom. The van der Waals surface area contributed by atoms with Gasteiger partial charge in [-0.3, -0.25) is 4.79 Å². The summed E-state index contributed by atoms with van der Waals surface area (Å²) in [5, 5.41) is 5.01. The summed E-state index contributed by atoms with van der Waals surface area (Å²) in [6.45, 7) is -0.0956. The summed E-state index contributed by atoms with van der Waals surface area (Å²) in [4.78, 5) is 14.9. The second kappa shape index (κ2) is 7.11. The fraction of sp³-hybridized carbons (Fsp3) is 0.0588. The number of hydrazone groups is 1. The monoisotopic (exact) mass is 371 g/mol. The lowest BCUT2D eigenvalue weighted by Gasteiger charge is -2.04. The van der Waals surface area contributed by atoms with Gasteiger partial charge in [0.05, 0.1) is 6.21 Å². The van der Waals surface area contributed by atoms with Gasteiger partial charge in [0.15, 0.2) is 6.61 Å². The number of carbonyl (C=O) groups is 1. The van der Waals surface area contributed by atoms with Crippen LogP contribution in [0.2, 0.25) is 0 Å². The van der Waals surface area contributed by atoms with Gasteiger partial charge in [-0.1, -0.05) is 40.2 Å². The normalized spacial score (nSPS) is 11.0. The van der Waals surface area contributed by atoms with Gasteiger partial charge in [0.1, 0.15) is 5.75 Å². The highest BCUT2D eigenvalue weighted by Crippen LogP contribution is 2.17. The Morgan fingerprint density at radius 3 is 3.00 bits per heavy atom. The van der Waals surface area contributed by atoms with E-state index < -0.39 is 0 Å². The van der Waals surface area contributed by atoms with E-state index in [0.29, 0.717) is 5.75 Å². The lowest BCUT2D eigenvalue weighted by Crippen LogP contribution is -2.24. The zero-order valence-electron chi connectivity index (χ0n) is 12.1. The molecule has 0 spiro atoms. The molecule has 0 unspecified atom stereocenters. The largest absolute Gasteiger partial charge is 0.484 e. The third-order valence-electron chi connectivity index (χ3n) is 3.18. The number of benzene rings is 2. The molecular weight excluding hydrogens is 358 g/mol. The Balaban J connectivity index is 1.54. The van der Waals surface area contributed by atoms with E-state index in [1.54, 1.807) is 18.3 Å². The van der Waals surface area contributed by atoms with Crippen molar-refractivity contribution in [1.29, 1.82) is 0 Å². The van der Waals surface area contributed by atoms with Crippen molar-refractivity contribution in [1.82, 2.24) is 10.4 Å². The van der Waals surface area contributed by atoms with Crippen LogP contribution in [-0.4, -0.2) is 23.7 Å². The molecule has 0 bridgehead atoms. The summed E-state index contributed by atoms with van der Waals surface area (Å²) in [6.07, 6.45) is 3.45. The first kappa shape index (κ1) is 15.3. The lowest BCUT2D eigenvalue weighted by atomic mass is 10.2. The molecule has 3 rings (SSSR count). The van der Waals surface area contributed by atoms with Gasteiger partial charge in [0.2, 0.25) is 0 Å². The number of hydrogen-bond donors (Lipinski definition) is 2. The van der Waals surface area contributed by atoms with Crippen LogP contribution in [0.25, 0.3) is 10.9 Å². The molecule has 0 aliphatic rings. The van der Waals surface area contributed by atoms with Crippen molar-refractivity contribution in [2.45, 2.75) is 0 Å². The molecule has 6 heteroatoms. The standard InChI is InChI=1S/C17H14BrN3O2/c18-13-4-3-5-14(8-13)23-11-17(22)21-20-10-12-9-19-16-7-2-1-6-15(12)16/h1-10,19H,11H2,(H,21,22)/b20-10-. The van der Waals surface area contributed by atoms with E-state index in [1.807, 2.05) is 42.6 Å². The van der Waals surface area contributed by atoms with Gasteiger partial charge in [-0.2, -0.15) is 5.10 Å². The van der Waals surface area contributed by atoms with Crippen LogP contribution in [0.1, 0.15) is 5.56 Å². The first-order chi connectivity index (χ1) is 11.2. The maximum atomic E-state index is 11.7. The number of ether oxygens (including phenoxy) is 1. The Bertz CT molecular complexity index is 858. The summed E-state index contributed by atoms with van der Waals surface area (Å²) in [7, 11) is 0. The highest BCUT2D eigenvalue weighted by molar-refractivity contribution is 9.10. The highest BCUT2D eigenvalue weighted by Gasteiger charge is 2.03. The molecular formula is C17H14BrN3O2. The molecule has 0 aliphatic heterocycles. The number of rotatable bonds is 5. The first-order valence-corrected chi connectivity index (χ1v) is 7.78. The van der Waals surface area contributed by atoms with Crippen LogP contribution >= 0.6 is 15.9 Å². The average molecular weight is 372 g/mol. The van der Waals surface area contributed by atoms with Crippen LogP contribution in [0.4, 0.5) is 0 Å². The summed E-state index contributed by atoms with van der Waals surface area (Å²) in [5.41, 5.74) is 4.39. The maximum Gasteiger partial charge on any atom is 0.277 e. The molecule has 2 aromatic carbocycles. The minimum Gasteiger partial charge on any atom is -0.484 e. The van der Waals surface area contributed by atoms with Gasteiger partial charge in [-0.25, -0.2) is 5.43 Å². The average Bonchev–Trinajstić information content (AvgIpc) is 2.97. The number of amides is 1. The van der Waals surface area contributed by atoms with Gasteiger partial charge in [0, 0.05) is 27.1 Å². The summed E-state index contributed by atoms with van der Waals surface area (Å²) in [5.74, 6) is 0.302. The summed E-state index contributed by atoms with van der Waals surface area (Å²) >= 11 is 3.35. The topological polar surface area (TPSA) is 66.5 Å². The van der Waals surface area contributed by atoms with Crippen molar-refractivity contribution in [3.05, 3.63) is 64.8 Å². The van der Waals surface area contributed by atoms with E-state index in [-0.39, 0.29) is 12.5 Å². The zero-order valence-corrected chi connectivity index (χ0v) is 13.7. The van der Waals surface area contributed by atoms with E-state index >= 15 is 0 Å². The van der Waals surface area contributed by atoms with Crippen LogP contribution in [0.3, 0.4) is 0 Å². The summed E-state index contributed by atoms with van der Waals surface area (Å²) < 4.78 is 6.28. The fourth-order valence-electron chi connectivity index (χ4n) is 2.11. The smallest absolute Gasteiger partial charge is 0.277 e. The third kappa shape index (κ3) is 3.98. The minimum atomic E-state index is -0.318. The summed E-state index contributed by atoms with van der Waals surface area (Å²) in [6, 6.07) is 15.2. The van der Waals surface area contributed by atoms with Gasteiger partial charge < -0.3 is 9.72 Å². The molecule has 0 saturated heterocycles. The SMILES string of the molecule is O=C(COc1cccc(Br)c1)N/N=C\c1c[nH]c2ccccc12. The van der Waals surface area contributed by atoms with Gasteiger partial charge in [-0.15, -0.1) is 0 Å². The van der Waals surface area contributed by atoms with E-state index in [4.69, 9.17) is 4.74 Å². The lowest BCUT2D eigenvalue weighted by molar-refractivity contribution is -0.123. The molecule has 1 heterocycles. The minimum absolute atomic E-state index is 0.0956. The number of halogens is 1. The van der Waals surface area contributed by atoms with Crippen LogP contribution in [0.15, 0.2) is 64.3 Å². The molecule has 116 valence electrons. The zero-order chi connectivity index (χ0) is 16.1. The van der Waals surface area contributed by atoms with Crippen molar-refractivity contribution < 1.29 is 9.53 Å². The molecule has 0 aliphatic carbocycles. The number of hydrogen-bond acceptors (Lipinski definition) is 3. The Hall–Kier alpha value is -2.60. The number of para-hydroxylation sites is 1. The Morgan fingerprint density at radius 1 is 1.26 bits per heavy atom. The molecule has 0 saturated carbocycles. The van der Waals surface area contributed by atoms with Crippen molar-refractivity contribution in [2.75, 3.05) is 6.61 Å². The van der Waals surface area contributed by atoms with Crippen molar-refractivity contribution in [3.8, 4) is 5.75 Å². The molecule has 0 fully saturated rings.